The Bertz CT molecular complexity index is 454. The van der Waals surface area contributed by atoms with E-state index >= 15 is 0 Å². The molecule has 0 heterocycles. The van der Waals surface area contributed by atoms with Crippen LogP contribution in [0.15, 0.2) is 24.3 Å². The van der Waals surface area contributed by atoms with Gasteiger partial charge in [0.15, 0.2) is 0 Å². The van der Waals surface area contributed by atoms with Crippen LogP contribution in [0.25, 0.3) is 0 Å². The number of nitrogens with two attached hydrogens (primary N) is 1. The predicted molar refractivity (Wildman–Crippen MR) is 75.6 cm³/mol. The van der Waals surface area contributed by atoms with E-state index in [4.69, 9.17) is 5.73 Å². The molecule has 0 atom stereocenters. The number of nitrogen functional groups attached to an aromatic ring is 1. The predicted octanol–water partition coefficient (Wildman–Crippen LogP) is 2.22. The molecule has 0 radical (unpaired) electrons. The SMILES string of the molecule is CCCCCN(C)S(=O)(=O)Cc1ccc(N)cc1. The van der Waals surface area contributed by atoms with Crippen LogP contribution in [0.1, 0.15) is 31.7 Å². The Kier molecular flexibility index (Phi) is 5.62. The molecule has 1 aromatic rings. The monoisotopic (exact) mass is 270 g/mol. The Labute approximate surface area is 110 Å². The molecular weight excluding hydrogens is 248 g/mol. The van der Waals surface area contributed by atoms with E-state index < -0.39 is 10.0 Å². The van der Waals surface area contributed by atoms with E-state index in [1.54, 1.807) is 31.3 Å². The smallest absolute Gasteiger partial charge is 0.218 e. The summed E-state index contributed by atoms with van der Waals surface area (Å²) in [6.07, 6.45) is 3.06. The summed E-state index contributed by atoms with van der Waals surface area (Å²) >= 11 is 0. The third-order valence-corrected chi connectivity index (χ3v) is 4.71. The highest BCUT2D eigenvalue weighted by atomic mass is 32.2. The van der Waals surface area contributed by atoms with E-state index in [0.29, 0.717) is 12.2 Å². The van der Waals surface area contributed by atoms with Gasteiger partial charge in [-0.2, -0.15) is 0 Å². The summed E-state index contributed by atoms with van der Waals surface area (Å²) in [6, 6.07) is 6.96. The van der Waals surface area contributed by atoms with Crippen LogP contribution in [-0.2, 0) is 15.8 Å². The van der Waals surface area contributed by atoms with E-state index in [2.05, 4.69) is 6.92 Å². The summed E-state index contributed by atoms with van der Waals surface area (Å²) in [6.45, 7) is 2.69. The lowest BCUT2D eigenvalue weighted by Gasteiger charge is -2.17. The number of hydrogen-bond donors (Lipinski definition) is 1. The van der Waals surface area contributed by atoms with Crippen molar-refractivity contribution < 1.29 is 8.42 Å². The van der Waals surface area contributed by atoms with E-state index in [0.717, 1.165) is 24.8 Å². The fourth-order valence-electron chi connectivity index (χ4n) is 1.66. The Morgan fingerprint density at radius 2 is 1.78 bits per heavy atom. The number of rotatable bonds is 7. The Morgan fingerprint density at radius 3 is 2.33 bits per heavy atom. The van der Waals surface area contributed by atoms with Crippen molar-refractivity contribution in [2.45, 2.75) is 31.9 Å². The Balaban J connectivity index is 2.60. The normalized spacial score (nSPS) is 11.9. The van der Waals surface area contributed by atoms with Gasteiger partial charge in [-0.1, -0.05) is 31.9 Å². The van der Waals surface area contributed by atoms with Crippen molar-refractivity contribution in [1.82, 2.24) is 4.31 Å². The second kappa shape index (κ2) is 6.75. The molecule has 2 N–H and O–H groups in total. The van der Waals surface area contributed by atoms with Gasteiger partial charge in [0, 0.05) is 19.3 Å². The molecule has 4 nitrogen and oxygen atoms in total. The second-order valence-corrected chi connectivity index (χ2v) is 6.60. The van der Waals surface area contributed by atoms with Gasteiger partial charge < -0.3 is 5.73 Å². The summed E-state index contributed by atoms with van der Waals surface area (Å²) in [5.41, 5.74) is 6.99. The minimum atomic E-state index is -3.21. The van der Waals surface area contributed by atoms with Crippen molar-refractivity contribution >= 4 is 15.7 Å². The van der Waals surface area contributed by atoms with Gasteiger partial charge in [0.1, 0.15) is 0 Å². The Morgan fingerprint density at radius 1 is 1.17 bits per heavy atom. The van der Waals surface area contributed by atoms with Crippen LogP contribution in [0.5, 0.6) is 0 Å². The molecule has 0 aromatic heterocycles. The molecule has 0 aliphatic heterocycles. The highest BCUT2D eigenvalue weighted by molar-refractivity contribution is 7.88. The summed E-state index contributed by atoms with van der Waals surface area (Å²) in [5, 5.41) is 0. The van der Waals surface area contributed by atoms with E-state index in [9.17, 15) is 8.42 Å². The lowest BCUT2D eigenvalue weighted by molar-refractivity contribution is 0.453. The molecular formula is C13H22N2O2S. The van der Waals surface area contributed by atoms with E-state index in [-0.39, 0.29) is 5.75 Å². The number of anilines is 1. The summed E-state index contributed by atoms with van der Waals surface area (Å²) < 4.78 is 25.6. The Hall–Kier alpha value is -1.07. The molecule has 18 heavy (non-hydrogen) atoms. The van der Waals surface area contributed by atoms with Gasteiger partial charge in [0.05, 0.1) is 5.75 Å². The average Bonchev–Trinajstić information content (AvgIpc) is 2.32. The van der Waals surface area contributed by atoms with Crippen LogP contribution in [0.2, 0.25) is 0 Å². The maximum absolute atomic E-state index is 12.1. The molecule has 5 heteroatoms. The zero-order chi connectivity index (χ0) is 13.6. The van der Waals surface area contributed by atoms with Crippen LogP contribution in [0.4, 0.5) is 5.69 Å². The van der Waals surface area contributed by atoms with Gasteiger partial charge in [-0.3, -0.25) is 0 Å². The summed E-state index contributed by atoms with van der Waals surface area (Å²) in [5.74, 6) is 0.0376. The number of sulfonamides is 1. The minimum Gasteiger partial charge on any atom is -0.399 e. The minimum absolute atomic E-state index is 0.0376. The van der Waals surface area contributed by atoms with Crippen LogP contribution in [-0.4, -0.2) is 26.3 Å². The van der Waals surface area contributed by atoms with Gasteiger partial charge in [0.25, 0.3) is 0 Å². The molecule has 0 spiro atoms. The zero-order valence-electron chi connectivity index (χ0n) is 11.1. The fraction of sp³-hybridized carbons (Fsp3) is 0.538. The zero-order valence-corrected chi connectivity index (χ0v) is 11.9. The maximum Gasteiger partial charge on any atom is 0.218 e. The number of benzene rings is 1. The number of unbranched alkanes of at least 4 members (excludes halogenated alkanes) is 2. The molecule has 1 rings (SSSR count). The van der Waals surface area contributed by atoms with Crippen LogP contribution in [0, 0.1) is 0 Å². The summed E-state index contributed by atoms with van der Waals surface area (Å²) in [7, 11) is -1.57. The first-order chi connectivity index (χ1) is 8.45. The molecule has 0 aliphatic carbocycles. The highest BCUT2D eigenvalue weighted by Gasteiger charge is 2.17. The topological polar surface area (TPSA) is 63.4 Å². The first-order valence-corrected chi connectivity index (χ1v) is 7.85. The molecule has 0 amide bonds. The van der Waals surface area contributed by atoms with Crippen molar-refractivity contribution in [1.29, 1.82) is 0 Å². The lowest BCUT2D eigenvalue weighted by Crippen LogP contribution is -2.29. The van der Waals surface area contributed by atoms with Crippen molar-refractivity contribution in [3.63, 3.8) is 0 Å². The quantitative estimate of drug-likeness (QED) is 0.610. The lowest BCUT2D eigenvalue weighted by atomic mass is 10.2. The highest BCUT2D eigenvalue weighted by Crippen LogP contribution is 2.12. The molecule has 0 saturated carbocycles. The fourth-order valence-corrected chi connectivity index (χ4v) is 2.90. The first kappa shape index (κ1) is 15.0. The third kappa shape index (κ3) is 4.66. The average molecular weight is 270 g/mol. The number of nitrogens with zero attached hydrogens (tertiary/aromatic N) is 1. The molecule has 0 fully saturated rings. The van der Waals surface area contributed by atoms with Gasteiger partial charge in [-0.15, -0.1) is 0 Å². The first-order valence-electron chi connectivity index (χ1n) is 6.24. The molecule has 1 aromatic carbocycles. The molecule has 0 aliphatic rings. The second-order valence-electron chi connectivity index (χ2n) is 4.53. The van der Waals surface area contributed by atoms with Gasteiger partial charge in [-0.25, -0.2) is 12.7 Å². The van der Waals surface area contributed by atoms with Crippen molar-refractivity contribution in [3.8, 4) is 0 Å². The van der Waals surface area contributed by atoms with Crippen LogP contribution < -0.4 is 5.73 Å². The summed E-state index contributed by atoms with van der Waals surface area (Å²) in [4.78, 5) is 0. The third-order valence-electron chi connectivity index (χ3n) is 2.88. The molecule has 0 unspecified atom stereocenters. The number of hydrogen-bond acceptors (Lipinski definition) is 3. The molecule has 0 bridgehead atoms. The van der Waals surface area contributed by atoms with Gasteiger partial charge in [0.2, 0.25) is 10.0 Å². The van der Waals surface area contributed by atoms with E-state index in [1.807, 2.05) is 0 Å². The molecule has 0 saturated heterocycles. The van der Waals surface area contributed by atoms with Crippen LogP contribution in [0.3, 0.4) is 0 Å². The van der Waals surface area contributed by atoms with Crippen LogP contribution >= 0.6 is 0 Å². The van der Waals surface area contributed by atoms with Crippen molar-refractivity contribution in [2.75, 3.05) is 19.3 Å². The van der Waals surface area contributed by atoms with Gasteiger partial charge >= 0.3 is 0 Å². The molecule has 102 valence electrons. The maximum atomic E-state index is 12.1. The van der Waals surface area contributed by atoms with Gasteiger partial charge in [-0.05, 0) is 24.1 Å². The van der Waals surface area contributed by atoms with Crippen molar-refractivity contribution in [3.05, 3.63) is 29.8 Å². The van der Waals surface area contributed by atoms with E-state index in [1.165, 1.54) is 4.31 Å². The standard InChI is InChI=1S/C13H22N2O2S/c1-3-4-5-10-15(2)18(16,17)11-12-6-8-13(14)9-7-12/h6-9H,3-5,10-11,14H2,1-2H3. The largest absolute Gasteiger partial charge is 0.399 e. The van der Waals surface area contributed by atoms with Crippen molar-refractivity contribution in [2.24, 2.45) is 0 Å².